The molecule has 0 saturated heterocycles. The van der Waals surface area contributed by atoms with Crippen LogP contribution in [0.25, 0.3) is 0 Å². The van der Waals surface area contributed by atoms with Crippen LogP contribution in [-0.4, -0.2) is 13.2 Å². The second-order valence-electron chi connectivity index (χ2n) is 3.34. The lowest BCUT2D eigenvalue weighted by atomic mass is 10.2. The van der Waals surface area contributed by atoms with Gasteiger partial charge in [0.2, 0.25) is 0 Å². The van der Waals surface area contributed by atoms with Gasteiger partial charge in [-0.05, 0) is 32.0 Å². The molecule has 1 rings (SSSR count). The first-order chi connectivity index (χ1) is 6.67. The summed E-state index contributed by atoms with van der Waals surface area (Å²) in [6.45, 7) is 4.44. The molecule has 0 unspecified atom stereocenters. The van der Waals surface area contributed by atoms with Gasteiger partial charge >= 0.3 is 0 Å². The Kier molecular flexibility index (Phi) is 3.77. The van der Waals surface area contributed by atoms with E-state index in [1.165, 1.54) is 0 Å². The van der Waals surface area contributed by atoms with Crippen molar-refractivity contribution in [1.82, 2.24) is 0 Å². The van der Waals surface area contributed by atoms with Crippen LogP contribution in [0, 0.1) is 0 Å². The van der Waals surface area contributed by atoms with Crippen LogP contribution in [0.3, 0.4) is 0 Å². The first-order valence-electron chi connectivity index (χ1n) is 4.71. The molecule has 78 valence electrons. The molecule has 0 fully saturated rings. The van der Waals surface area contributed by atoms with E-state index in [1.807, 2.05) is 32.0 Å². The predicted molar refractivity (Wildman–Crippen MR) is 56.6 cm³/mol. The molecule has 1 aromatic carbocycles. The molecular weight excluding hydrogens is 178 g/mol. The van der Waals surface area contributed by atoms with Gasteiger partial charge in [-0.15, -0.1) is 0 Å². The fraction of sp³-hybridized carbons (Fsp3) is 0.455. The molecule has 3 nitrogen and oxygen atoms in total. The summed E-state index contributed by atoms with van der Waals surface area (Å²) < 4.78 is 10.7. The van der Waals surface area contributed by atoms with Crippen molar-refractivity contribution < 1.29 is 9.47 Å². The van der Waals surface area contributed by atoms with Gasteiger partial charge in [-0.2, -0.15) is 0 Å². The molecule has 0 amide bonds. The maximum Gasteiger partial charge on any atom is 0.124 e. The van der Waals surface area contributed by atoms with Gasteiger partial charge in [-0.25, -0.2) is 0 Å². The summed E-state index contributed by atoms with van der Waals surface area (Å²) in [5.41, 5.74) is 6.58. The molecule has 0 aliphatic heterocycles. The van der Waals surface area contributed by atoms with Gasteiger partial charge in [0.1, 0.15) is 11.5 Å². The zero-order valence-corrected chi connectivity index (χ0v) is 8.91. The molecular formula is C11H17NO2. The van der Waals surface area contributed by atoms with Crippen molar-refractivity contribution in [3.05, 3.63) is 23.8 Å². The Morgan fingerprint density at radius 3 is 2.57 bits per heavy atom. The number of hydrogen-bond acceptors (Lipinski definition) is 3. The summed E-state index contributed by atoms with van der Waals surface area (Å²) in [4.78, 5) is 0. The fourth-order valence-electron chi connectivity index (χ4n) is 1.21. The third kappa shape index (κ3) is 2.64. The van der Waals surface area contributed by atoms with E-state index in [9.17, 15) is 0 Å². The SMILES string of the molecule is COc1ccc(OC(C)C)c(CN)c1. The number of hydrogen-bond donors (Lipinski definition) is 1. The lowest BCUT2D eigenvalue weighted by Crippen LogP contribution is -2.09. The number of nitrogens with two attached hydrogens (primary N) is 1. The standard InChI is InChI=1S/C11H17NO2/c1-8(2)14-11-5-4-10(13-3)6-9(11)7-12/h4-6,8H,7,12H2,1-3H3. The molecule has 0 aliphatic rings. The summed E-state index contributed by atoms with van der Waals surface area (Å²) >= 11 is 0. The van der Waals surface area contributed by atoms with Crippen molar-refractivity contribution in [2.45, 2.75) is 26.5 Å². The van der Waals surface area contributed by atoms with E-state index in [1.54, 1.807) is 7.11 Å². The van der Waals surface area contributed by atoms with Gasteiger partial charge in [0.25, 0.3) is 0 Å². The van der Waals surface area contributed by atoms with Crippen molar-refractivity contribution in [3.63, 3.8) is 0 Å². The first-order valence-corrected chi connectivity index (χ1v) is 4.71. The summed E-state index contributed by atoms with van der Waals surface area (Å²) in [6.07, 6.45) is 0.161. The van der Waals surface area contributed by atoms with E-state index in [-0.39, 0.29) is 6.10 Å². The highest BCUT2D eigenvalue weighted by Crippen LogP contribution is 2.24. The van der Waals surface area contributed by atoms with Crippen molar-refractivity contribution in [2.75, 3.05) is 7.11 Å². The van der Waals surface area contributed by atoms with Crippen LogP contribution in [0.5, 0.6) is 11.5 Å². The summed E-state index contributed by atoms with van der Waals surface area (Å²) in [5.74, 6) is 1.64. The van der Waals surface area contributed by atoms with Crippen molar-refractivity contribution in [1.29, 1.82) is 0 Å². The Bertz CT molecular complexity index is 297. The Balaban J connectivity index is 2.93. The minimum absolute atomic E-state index is 0.161. The predicted octanol–water partition coefficient (Wildman–Crippen LogP) is 1.94. The van der Waals surface area contributed by atoms with Crippen LogP contribution in [0.4, 0.5) is 0 Å². The average molecular weight is 195 g/mol. The van der Waals surface area contributed by atoms with E-state index < -0.39 is 0 Å². The van der Waals surface area contributed by atoms with Gasteiger partial charge in [0, 0.05) is 12.1 Å². The highest BCUT2D eigenvalue weighted by molar-refractivity contribution is 5.40. The van der Waals surface area contributed by atoms with Gasteiger partial charge in [0.15, 0.2) is 0 Å². The fourth-order valence-corrected chi connectivity index (χ4v) is 1.21. The van der Waals surface area contributed by atoms with Gasteiger partial charge < -0.3 is 15.2 Å². The Labute approximate surface area is 84.8 Å². The second-order valence-corrected chi connectivity index (χ2v) is 3.34. The monoisotopic (exact) mass is 195 g/mol. The molecule has 3 heteroatoms. The van der Waals surface area contributed by atoms with Crippen LogP contribution in [0.1, 0.15) is 19.4 Å². The summed E-state index contributed by atoms with van der Waals surface area (Å²) in [6, 6.07) is 5.66. The summed E-state index contributed by atoms with van der Waals surface area (Å²) in [7, 11) is 1.64. The molecule has 0 heterocycles. The average Bonchev–Trinajstić information content (AvgIpc) is 2.17. The number of benzene rings is 1. The van der Waals surface area contributed by atoms with Gasteiger partial charge in [-0.1, -0.05) is 0 Å². The molecule has 2 N–H and O–H groups in total. The minimum Gasteiger partial charge on any atom is -0.497 e. The van der Waals surface area contributed by atoms with Crippen molar-refractivity contribution in [2.24, 2.45) is 5.73 Å². The molecule has 1 aromatic rings. The third-order valence-corrected chi connectivity index (χ3v) is 1.85. The van der Waals surface area contributed by atoms with E-state index in [0.29, 0.717) is 6.54 Å². The lowest BCUT2D eigenvalue weighted by Gasteiger charge is -2.14. The first kappa shape index (κ1) is 10.9. The van der Waals surface area contributed by atoms with E-state index in [2.05, 4.69) is 0 Å². The Hall–Kier alpha value is -1.22. The molecule has 0 spiro atoms. The van der Waals surface area contributed by atoms with Crippen LogP contribution in [0.2, 0.25) is 0 Å². The second kappa shape index (κ2) is 4.86. The normalized spacial score (nSPS) is 10.4. The highest BCUT2D eigenvalue weighted by Gasteiger charge is 2.05. The molecule has 0 bridgehead atoms. The lowest BCUT2D eigenvalue weighted by molar-refractivity contribution is 0.239. The Morgan fingerprint density at radius 2 is 2.07 bits per heavy atom. The molecule has 0 atom stereocenters. The van der Waals surface area contributed by atoms with Crippen LogP contribution in [-0.2, 0) is 6.54 Å². The zero-order valence-electron chi connectivity index (χ0n) is 8.91. The van der Waals surface area contributed by atoms with Crippen LogP contribution < -0.4 is 15.2 Å². The van der Waals surface area contributed by atoms with Crippen molar-refractivity contribution in [3.8, 4) is 11.5 Å². The van der Waals surface area contributed by atoms with Crippen LogP contribution in [0.15, 0.2) is 18.2 Å². The van der Waals surface area contributed by atoms with Crippen LogP contribution >= 0.6 is 0 Å². The van der Waals surface area contributed by atoms with Crippen molar-refractivity contribution >= 4 is 0 Å². The highest BCUT2D eigenvalue weighted by atomic mass is 16.5. The third-order valence-electron chi connectivity index (χ3n) is 1.85. The van der Waals surface area contributed by atoms with Gasteiger partial charge in [-0.3, -0.25) is 0 Å². The zero-order chi connectivity index (χ0) is 10.6. The quantitative estimate of drug-likeness (QED) is 0.798. The van der Waals surface area contributed by atoms with E-state index in [0.717, 1.165) is 17.1 Å². The van der Waals surface area contributed by atoms with E-state index in [4.69, 9.17) is 15.2 Å². The maximum absolute atomic E-state index is 5.61. The Morgan fingerprint density at radius 1 is 1.36 bits per heavy atom. The molecule has 0 saturated carbocycles. The van der Waals surface area contributed by atoms with E-state index >= 15 is 0 Å². The molecule has 0 aromatic heterocycles. The molecule has 14 heavy (non-hydrogen) atoms. The minimum atomic E-state index is 0.161. The smallest absolute Gasteiger partial charge is 0.124 e. The number of methoxy groups -OCH3 is 1. The summed E-state index contributed by atoms with van der Waals surface area (Å²) in [5, 5.41) is 0. The largest absolute Gasteiger partial charge is 0.497 e. The van der Waals surface area contributed by atoms with Gasteiger partial charge in [0.05, 0.1) is 13.2 Å². The number of rotatable bonds is 4. The molecule has 0 radical (unpaired) electrons. The maximum atomic E-state index is 5.61. The number of ether oxygens (including phenoxy) is 2. The topological polar surface area (TPSA) is 44.5 Å². The molecule has 0 aliphatic carbocycles.